The molecule has 0 atom stereocenters. The van der Waals surface area contributed by atoms with Crippen LogP contribution in [0, 0.1) is 0 Å². The normalized spacial score (nSPS) is 11.3. The van der Waals surface area contributed by atoms with E-state index in [4.69, 9.17) is 5.73 Å². The molecule has 0 spiro atoms. The van der Waals surface area contributed by atoms with E-state index < -0.39 is 10.0 Å². The number of para-hydroxylation sites is 1. The lowest BCUT2D eigenvalue weighted by Gasteiger charge is -2.11. The number of aromatic nitrogens is 1. The van der Waals surface area contributed by atoms with Gasteiger partial charge in [-0.1, -0.05) is 18.2 Å². The zero-order valence-corrected chi connectivity index (χ0v) is 12.3. The molecular weight excluding hydrogens is 330 g/mol. The van der Waals surface area contributed by atoms with Crippen molar-refractivity contribution in [2.75, 3.05) is 4.72 Å². The highest BCUT2D eigenvalue weighted by molar-refractivity contribution is 9.10. The van der Waals surface area contributed by atoms with Crippen molar-refractivity contribution in [1.29, 1.82) is 0 Å². The number of sulfonamides is 1. The molecule has 0 radical (unpaired) electrons. The molecule has 0 amide bonds. The molecular formula is C12H12BrN3O2S. The van der Waals surface area contributed by atoms with Crippen LogP contribution in [0.25, 0.3) is 0 Å². The van der Waals surface area contributed by atoms with Gasteiger partial charge in [-0.3, -0.25) is 9.71 Å². The van der Waals surface area contributed by atoms with Crippen molar-refractivity contribution in [3.8, 4) is 0 Å². The molecule has 3 N–H and O–H groups in total. The van der Waals surface area contributed by atoms with Crippen molar-refractivity contribution < 1.29 is 8.42 Å². The third kappa shape index (κ3) is 3.31. The third-order valence-corrected chi connectivity index (χ3v) is 4.24. The lowest BCUT2D eigenvalue weighted by molar-refractivity contribution is 0.600. The second kappa shape index (κ2) is 5.68. The van der Waals surface area contributed by atoms with Crippen LogP contribution in [0.1, 0.15) is 5.56 Å². The van der Waals surface area contributed by atoms with Crippen molar-refractivity contribution in [3.63, 3.8) is 0 Å². The van der Waals surface area contributed by atoms with Crippen LogP contribution in [0.4, 0.5) is 5.69 Å². The molecule has 0 unspecified atom stereocenters. The number of anilines is 1. The molecule has 2 rings (SSSR count). The van der Waals surface area contributed by atoms with E-state index in [0.29, 0.717) is 10.2 Å². The zero-order valence-electron chi connectivity index (χ0n) is 9.88. The van der Waals surface area contributed by atoms with Crippen LogP contribution < -0.4 is 10.5 Å². The first-order valence-electron chi connectivity index (χ1n) is 5.44. The average Bonchev–Trinajstić information content (AvgIpc) is 2.39. The largest absolute Gasteiger partial charge is 0.326 e. The fourth-order valence-electron chi connectivity index (χ4n) is 1.54. The molecule has 0 bridgehead atoms. The van der Waals surface area contributed by atoms with E-state index in [1.807, 2.05) is 0 Å². The number of rotatable bonds is 4. The summed E-state index contributed by atoms with van der Waals surface area (Å²) in [6, 6.07) is 8.49. The number of halogens is 1. The minimum atomic E-state index is -3.67. The highest BCUT2D eigenvalue weighted by Crippen LogP contribution is 2.20. The van der Waals surface area contributed by atoms with Crippen LogP contribution in [0.15, 0.2) is 52.1 Å². The quantitative estimate of drug-likeness (QED) is 0.891. The lowest BCUT2D eigenvalue weighted by Crippen LogP contribution is -2.15. The summed E-state index contributed by atoms with van der Waals surface area (Å²) in [6.45, 7) is 0.259. The van der Waals surface area contributed by atoms with Crippen molar-refractivity contribution >= 4 is 31.6 Å². The van der Waals surface area contributed by atoms with Crippen molar-refractivity contribution in [3.05, 3.63) is 52.8 Å². The maximum Gasteiger partial charge on any atom is 0.263 e. The molecule has 0 saturated heterocycles. The Morgan fingerprint density at radius 2 is 2.00 bits per heavy atom. The minimum Gasteiger partial charge on any atom is -0.326 e. The molecule has 100 valence electrons. The Morgan fingerprint density at radius 1 is 1.26 bits per heavy atom. The summed E-state index contributed by atoms with van der Waals surface area (Å²) in [5.41, 5.74) is 6.79. The Kier molecular flexibility index (Phi) is 4.18. The van der Waals surface area contributed by atoms with E-state index in [2.05, 4.69) is 25.6 Å². The van der Waals surface area contributed by atoms with Gasteiger partial charge in [0.2, 0.25) is 0 Å². The number of nitrogens with one attached hydrogen (secondary N) is 1. The Balaban J connectivity index is 2.37. The summed E-state index contributed by atoms with van der Waals surface area (Å²) in [4.78, 5) is 3.94. The van der Waals surface area contributed by atoms with E-state index in [-0.39, 0.29) is 11.4 Å². The first kappa shape index (κ1) is 14.0. The van der Waals surface area contributed by atoms with Gasteiger partial charge in [0.1, 0.15) is 4.90 Å². The number of benzene rings is 1. The summed E-state index contributed by atoms with van der Waals surface area (Å²) in [5, 5.41) is 0. The number of hydrogen-bond donors (Lipinski definition) is 2. The average molecular weight is 342 g/mol. The zero-order chi connectivity index (χ0) is 13.9. The lowest BCUT2D eigenvalue weighted by atomic mass is 10.2. The van der Waals surface area contributed by atoms with Gasteiger partial charge < -0.3 is 5.73 Å². The fourth-order valence-corrected chi connectivity index (χ4v) is 3.15. The first-order chi connectivity index (χ1) is 9.03. The van der Waals surface area contributed by atoms with Gasteiger partial charge in [-0.05, 0) is 33.6 Å². The summed E-state index contributed by atoms with van der Waals surface area (Å²) in [5.74, 6) is 0. The molecule has 19 heavy (non-hydrogen) atoms. The van der Waals surface area contributed by atoms with Crippen LogP contribution in [0.3, 0.4) is 0 Å². The maximum atomic E-state index is 12.2. The summed E-state index contributed by atoms with van der Waals surface area (Å²) < 4.78 is 27.5. The number of pyridine rings is 1. The molecule has 0 aliphatic rings. The van der Waals surface area contributed by atoms with Crippen LogP contribution in [-0.4, -0.2) is 13.4 Å². The summed E-state index contributed by atoms with van der Waals surface area (Å²) in [6.07, 6.45) is 2.81. The van der Waals surface area contributed by atoms with Crippen molar-refractivity contribution in [2.45, 2.75) is 11.4 Å². The molecule has 5 nitrogen and oxygen atoms in total. The van der Waals surface area contributed by atoms with Gasteiger partial charge in [-0.15, -0.1) is 0 Å². The molecule has 0 fully saturated rings. The topological polar surface area (TPSA) is 85.1 Å². The van der Waals surface area contributed by atoms with Gasteiger partial charge in [0.25, 0.3) is 10.0 Å². The molecule has 1 aromatic carbocycles. The second-order valence-electron chi connectivity index (χ2n) is 3.81. The molecule has 1 aromatic heterocycles. The number of nitrogens with zero attached hydrogens (tertiary/aromatic N) is 1. The Labute approximate surface area is 120 Å². The van der Waals surface area contributed by atoms with Crippen LogP contribution in [0.2, 0.25) is 0 Å². The summed E-state index contributed by atoms with van der Waals surface area (Å²) >= 11 is 3.19. The Morgan fingerprint density at radius 3 is 2.68 bits per heavy atom. The number of hydrogen-bond acceptors (Lipinski definition) is 4. The predicted molar refractivity (Wildman–Crippen MR) is 77.1 cm³/mol. The predicted octanol–water partition coefficient (Wildman–Crippen LogP) is 2.10. The van der Waals surface area contributed by atoms with E-state index >= 15 is 0 Å². The first-order valence-corrected chi connectivity index (χ1v) is 7.72. The van der Waals surface area contributed by atoms with Gasteiger partial charge in [-0.2, -0.15) is 0 Å². The smallest absolute Gasteiger partial charge is 0.263 e. The molecule has 2 aromatic rings. The van der Waals surface area contributed by atoms with Crippen molar-refractivity contribution in [1.82, 2.24) is 4.98 Å². The Hall–Kier alpha value is -1.44. The summed E-state index contributed by atoms with van der Waals surface area (Å²) in [7, 11) is -3.67. The maximum absolute atomic E-state index is 12.2. The highest BCUT2D eigenvalue weighted by Gasteiger charge is 2.16. The third-order valence-electron chi connectivity index (χ3n) is 2.47. The number of nitrogens with two attached hydrogens (primary N) is 1. The van der Waals surface area contributed by atoms with E-state index in [0.717, 1.165) is 5.56 Å². The molecule has 0 aliphatic heterocycles. The molecule has 7 heteroatoms. The highest BCUT2D eigenvalue weighted by atomic mass is 79.9. The molecule has 0 aliphatic carbocycles. The van der Waals surface area contributed by atoms with Gasteiger partial charge in [0.15, 0.2) is 0 Å². The molecule has 0 saturated carbocycles. The van der Waals surface area contributed by atoms with E-state index in [1.165, 1.54) is 18.5 Å². The second-order valence-corrected chi connectivity index (χ2v) is 6.40. The standard InChI is InChI=1S/C12H12BrN3O2S/c13-10-5-11(8-15-7-10)19(17,18)16-12-4-2-1-3-9(12)6-14/h1-5,7-8,16H,6,14H2. The van der Waals surface area contributed by atoms with E-state index in [1.54, 1.807) is 24.3 Å². The van der Waals surface area contributed by atoms with Crippen LogP contribution in [-0.2, 0) is 16.6 Å². The van der Waals surface area contributed by atoms with Gasteiger partial charge in [0, 0.05) is 23.4 Å². The minimum absolute atomic E-state index is 0.0914. The van der Waals surface area contributed by atoms with Crippen molar-refractivity contribution in [2.24, 2.45) is 5.73 Å². The SMILES string of the molecule is NCc1ccccc1NS(=O)(=O)c1cncc(Br)c1. The van der Waals surface area contributed by atoms with Crippen LogP contribution in [0.5, 0.6) is 0 Å². The monoisotopic (exact) mass is 341 g/mol. The van der Waals surface area contributed by atoms with Gasteiger partial charge in [-0.25, -0.2) is 8.42 Å². The fraction of sp³-hybridized carbons (Fsp3) is 0.0833. The van der Waals surface area contributed by atoms with E-state index in [9.17, 15) is 8.42 Å². The van der Waals surface area contributed by atoms with Gasteiger partial charge in [0.05, 0.1) is 5.69 Å². The molecule has 1 heterocycles. The Bertz CT molecular complexity index is 689. The van der Waals surface area contributed by atoms with Crippen LogP contribution >= 0.6 is 15.9 Å². The van der Waals surface area contributed by atoms with Gasteiger partial charge >= 0.3 is 0 Å².